The van der Waals surface area contributed by atoms with Crippen molar-refractivity contribution in [3.8, 4) is 5.75 Å². The van der Waals surface area contributed by atoms with Gasteiger partial charge in [-0.3, -0.25) is 9.48 Å². The molecular weight excluding hydrogens is 326 g/mol. The van der Waals surface area contributed by atoms with Crippen LogP contribution in [-0.2, 0) is 17.9 Å². The summed E-state index contributed by atoms with van der Waals surface area (Å²) < 4.78 is 7.53. The van der Waals surface area contributed by atoms with Crippen LogP contribution in [0.25, 0.3) is 0 Å². The second kappa shape index (κ2) is 8.34. The summed E-state index contributed by atoms with van der Waals surface area (Å²) in [7, 11) is 0. The molecule has 0 saturated carbocycles. The fourth-order valence-electron chi connectivity index (χ4n) is 2.77. The molecule has 2 aromatic carbocycles. The molecule has 0 atom stereocenters. The summed E-state index contributed by atoms with van der Waals surface area (Å²) in [5.74, 6) is 0.627. The fourth-order valence-corrected chi connectivity index (χ4v) is 2.77. The van der Waals surface area contributed by atoms with Crippen LogP contribution in [0.15, 0.2) is 60.9 Å². The third-order valence-corrected chi connectivity index (χ3v) is 4.12. The maximum absolute atomic E-state index is 12.0. The number of nitrogens with one attached hydrogen (secondary N) is 1. The first-order valence-corrected chi connectivity index (χ1v) is 8.63. The van der Waals surface area contributed by atoms with Gasteiger partial charge in [0.15, 0.2) is 6.61 Å². The van der Waals surface area contributed by atoms with Gasteiger partial charge in [-0.15, -0.1) is 0 Å². The molecule has 0 spiro atoms. The van der Waals surface area contributed by atoms with Crippen molar-refractivity contribution < 1.29 is 9.53 Å². The van der Waals surface area contributed by atoms with Crippen LogP contribution < -0.4 is 10.1 Å². The minimum atomic E-state index is -0.150. The summed E-state index contributed by atoms with van der Waals surface area (Å²) in [5, 5.41) is 7.21. The third kappa shape index (κ3) is 4.72. The van der Waals surface area contributed by atoms with E-state index in [1.807, 2.05) is 61.1 Å². The van der Waals surface area contributed by atoms with Crippen molar-refractivity contribution >= 4 is 5.91 Å². The van der Waals surface area contributed by atoms with Gasteiger partial charge in [0.1, 0.15) is 5.75 Å². The van der Waals surface area contributed by atoms with E-state index in [1.165, 1.54) is 5.56 Å². The molecule has 1 amide bonds. The predicted octanol–water partition coefficient (Wildman–Crippen LogP) is 3.24. The molecule has 0 aliphatic heterocycles. The zero-order chi connectivity index (χ0) is 18.4. The lowest BCUT2D eigenvalue weighted by Crippen LogP contribution is -2.28. The summed E-state index contributed by atoms with van der Waals surface area (Å²) in [4.78, 5) is 12.0. The number of amides is 1. The van der Waals surface area contributed by atoms with Gasteiger partial charge in [-0.2, -0.15) is 5.10 Å². The average molecular weight is 349 g/mol. The molecule has 1 aromatic heterocycles. The molecule has 0 bridgehead atoms. The Hall–Kier alpha value is -3.08. The normalized spacial score (nSPS) is 10.5. The summed E-state index contributed by atoms with van der Waals surface area (Å²) in [6.45, 7) is 5.10. The van der Waals surface area contributed by atoms with Crippen LogP contribution in [0.5, 0.6) is 5.75 Å². The Morgan fingerprint density at radius 1 is 1.04 bits per heavy atom. The number of para-hydroxylation sites is 1. The largest absolute Gasteiger partial charge is 0.483 e. The van der Waals surface area contributed by atoms with Gasteiger partial charge in [0.05, 0.1) is 12.7 Å². The van der Waals surface area contributed by atoms with Gasteiger partial charge < -0.3 is 10.1 Å². The van der Waals surface area contributed by atoms with Gasteiger partial charge in [-0.05, 0) is 30.5 Å². The highest BCUT2D eigenvalue weighted by molar-refractivity contribution is 5.77. The third-order valence-electron chi connectivity index (χ3n) is 4.12. The number of hydrogen-bond acceptors (Lipinski definition) is 3. The molecule has 3 rings (SSSR count). The molecule has 26 heavy (non-hydrogen) atoms. The zero-order valence-electron chi connectivity index (χ0n) is 15.1. The van der Waals surface area contributed by atoms with E-state index in [2.05, 4.69) is 22.5 Å². The SMILES string of the molecule is Cc1cccc(C)c1OCC(=O)NCc1cnn(Cc2ccccc2)c1. The number of carbonyl (C=O) groups excluding carboxylic acids is 1. The lowest BCUT2D eigenvalue weighted by molar-refractivity contribution is -0.123. The van der Waals surface area contributed by atoms with Crippen LogP contribution in [0.4, 0.5) is 0 Å². The van der Waals surface area contributed by atoms with E-state index in [-0.39, 0.29) is 12.5 Å². The summed E-state index contributed by atoms with van der Waals surface area (Å²) in [6, 6.07) is 16.1. The Morgan fingerprint density at radius 3 is 2.50 bits per heavy atom. The monoisotopic (exact) mass is 349 g/mol. The second-order valence-corrected chi connectivity index (χ2v) is 6.32. The molecule has 3 aromatic rings. The van der Waals surface area contributed by atoms with Crippen molar-refractivity contribution in [3.63, 3.8) is 0 Å². The first-order chi connectivity index (χ1) is 12.6. The molecule has 0 radical (unpaired) electrons. The number of carbonyl (C=O) groups is 1. The van der Waals surface area contributed by atoms with Crippen molar-refractivity contribution in [1.29, 1.82) is 0 Å². The molecule has 1 N–H and O–H groups in total. The number of aromatic nitrogens is 2. The molecule has 1 heterocycles. The molecule has 0 aliphatic carbocycles. The average Bonchev–Trinajstić information content (AvgIpc) is 3.08. The van der Waals surface area contributed by atoms with Crippen LogP contribution in [-0.4, -0.2) is 22.3 Å². The highest BCUT2D eigenvalue weighted by Gasteiger charge is 2.08. The molecule has 5 nitrogen and oxygen atoms in total. The first kappa shape index (κ1) is 17.7. The van der Waals surface area contributed by atoms with Crippen LogP contribution >= 0.6 is 0 Å². The molecule has 5 heteroatoms. The Morgan fingerprint density at radius 2 is 1.77 bits per heavy atom. The Labute approximate surface area is 153 Å². The molecule has 0 saturated heterocycles. The van der Waals surface area contributed by atoms with E-state index < -0.39 is 0 Å². The highest BCUT2D eigenvalue weighted by atomic mass is 16.5. The molecule has 134 valence electrons. The maximum Gasteiger partial charge on any atom is 0.258 e. The van der Waals surface area contributed by atoms with E-state index in [0.29, 0.717) is 13.1 Å². The summed E-state index contributed by atoms with van der Waals surface area (Å²) >= 11 is 0. The molecule has 0 aliphatic rings. The second-order valence-electron chi connectivity index (χ2n) is 6.32. The minimum absolute atomic E-state index is 0.00382. The van der Waals surface area contributed by atoms with Gasteiger partial charge in [0.25, 0.3) is 5.91 Å². The van der Waals surface area contributed by atoms with Crippen molar-refractivity contribution in [3.05, 3.63) is 83.2 Å². The number of hydrogen-bond donors (Lipinski definition) is 1. The predicted molar refractivity (Wildman–Crippen MR) is 101 cm³/mol. The highest BCUT2D eigenvalue weighted by Crippen LogP contribution is 2.21. The Kier molecular flexibility index (Phi) is 5.69. The number of ether oxygens (including phenoxy) is 1. The Balaban J connectivity index is 1.47. The van der Waals surface area contributed by atoms with Crippen molar-refractivity contribution in [2.45, 2.75) is 26.9 Å². The van der Waals surface area contributed by atoms with E-state index in [4.69, 9.17) is 4.74 Å². The smallest absolute Gasteiger partial charge is 0.258 e. The van der Waals surface area contributed by atoms with E-state index in [1.54, 1.807) is 6.20 Å². The Bertz CT molecular complexity index is 852. The standard InChI is InChI=1S/C21H23N3O2/c1-16-7-6-8-17(2)21(16)26-15-20(25)22-11-19-12-23-24(14-19)13-18-9-4-3-5-10-18/h3-10,12,14H,11,13,15H2,1-2H3,(H,22,25). The van der Waals surface area contributed by atoms with Crippen molar-refractivity contribution in [1.82, 2.24) is 15.1 Å². The van der Waals surface area contributed by atoms with Crippen LogP contribution in [0.3, 0.4) is 0 Å². The number of nitrogens with zero attached hydrogens (tertiary/aromatic N) is 2. The van der Waals surface area contributed by atoms with Gasteiger partial charge >= 0.3 is 0 Å². The number of rotatable bonds is 7. The van der Waals surface area contributed by atoms with Crippen LogP contribution in [0.1, 0.15) is 22.3 Å². The number of benzene rings is 2. The van der Waals surface area contributed by atoms with E-state index in [9.17, 15) is 4.79 Å². The zero-order valence-corrected chi connectivity index (χ0v) is 15.1. The lowest BCUT2D eigenvalue weighted by atomic mass is 10.1. The number of aryl methyl sites for hydroxylation is 2. The van der Waals surface area contributed by atoms with Gasteiger partial charge in [0.2, 0.25) is 0 Å². The molecule has 0 fully saturated rings. The lowest BCUT2D eigenvalue weighted by Gasteiger charge is -2.11. The fraction of sp³-hybridized carbons (Fsp3) is 0.238. The minimum Gasteiger partial charge on any atom is -0.483 e. The van der Waals surface area contributed by atoms with Crippen LogP contribution in [0.2, 0.25) is 0 Å². The van der Waals surface area contributed by atoms with Crippen molar-refractivity contribution in [2.24, 2.45) is 0 Å². The quantitative estimate of drug-likeness (QED) is 0.712. The summed E-state index contributed by atoms with van der Waals surface area (Å²) in [5.41, 5.74) is 4.20. The molecular formula is C21H23N3O2. The van der Waals surface area contributed by atoms with Crippen molar-refractivity contribution in [2.75, 3.05) is 6.61 Å². The van der Waals surface area contributed by atoms with Crippen LogP contribution in [0, 0.1) is 13.8 Å². The van der Waals surface area contributed by atoms with E-state index in [0.717, 1.165) is 22.4 Å². The first-order valence-electron chi connectivity index (χ1n) is 8.63. The maximum atomic E-state index is 12.0. The van der Waals surface area contributed by atoms with Gasteiger partial charge in [-0.25, -0.2) is 0 Å². The topological polar surface area (TPSA) is 56.1 Å². The molecule has 0 unspecified atom stereocenters. The summed E-state index contributed by atoms with van der Waals surface area (Å²) in [6.07, 6.45) is 3.72. The van der Waals surface area contributed by atoms with E-state index >= 15 is 0 Å². The van der Waals surface area contributed by atoms with Gasteiger partial charge in [-0.1, -0.05) is 48.5 Å². The van der Waals surface area contributed by atoms with Gasteiger partial charge in [0, 0.05) is 18.3 Å².